The second-order valence-corrected chi connectivity index (χ2v) is 3.92. The Morgan fingerprint density at radius 2 is 2.24 bits per heavy atom. The number of nitrogens with zero attached hydrogens (tertiary/aromatic N) is 2. The van der Waals surface area contributed by atoms with Crippen LogP contribution < -0.4 is 5.32 Å². The molecule has 0 aliphatic rings. The maximum atomic E-state index is 13.1. The van der Waals surface area contributed by atoms with Gasteiger partial charge in [-0.15, -0.1) is 0 Å². The van der Waals surface area contributed by atoms with E-state index >= 15 is 0 Å². The molecular formula is C13H16FN3. The van der Waals surface area contributed by atoms with Crippen molar-refractivity contribution in [1.82, 2.24) is 15.1 Å². The van der Waals surface area contributed by atoms with Crippen molar-refractivity contribution >= 4 is 0 Å². The lowest BCUT2D eigenvalue weighted by Crippen LogP contribution is -2.10. The Hall–Kier alpha value is -1.68. The number of benzene rings is 1. The monoisotopic (exact) mass is 233 g/mol. The maximum Gasteiger partial charge on any atom is 0.125 e. The van der Waals surface area contributed by atoms with Crippen molar-refractivity contribution in [2.24, 2.45) is 0 Å². The molecule has 1 N–H and O–H groups in total. The minimum absolute atomic E-state index is 0.237. The maximum absolute atomic E-state index is 13.1. The van der Waals surface area contributed by atoms with Crippen LogP contribution >= 0.6 is 0 Å². The molecule has 0 radical (unpaired) electrons. The first-order valence-electron chi connectivity index (χ1n) is 5.74. The van der Waals surface area contributed by atoms with Crippen molar-refractivity contribution < 1.29 is 4.39 Å². The second kappa shape index (κ2) is 5.59. The molecule has 0 atom stereocenters. The molecule has 1 heterocycles. The van der Waals surface area contributed by atoms with Crippen LogP contribution in [-0.2, 0) is 6.42 Å². The first-order chi connectivity index (χ1) is 8.31. The third-order valence-corrected chi connectivity index (χ3v) is 2.63. The Morgan fingerprint density at radius 3 is 3.00 bits per heavy atom. The summed E-state index contributed by atoms with van der Waals surface area (Å²) in [6.45, 7) is 0.967. The van der Waals surface area contributed by atoms with Crippen molar-refractivity contribution in [1.29, 1.82) is 0 Å². The molecule has 1 aromatic heterocycles. The van der Waals surface area contributed by atoms with E-state index in [0.717, 1.165) is 30.8 Å². The summed E-state index contributed by atoms with van der Waals surface area (Å²) in [7, 11) is 1.93. The highest BCUT2D eigenvalue weighted by molar-refractivity contribution is 5.33. The fourth-order valence-electron chi connectivity index (χ4n) is 1.81. The first kappa shape index (κ1) is 11.8. The van der Waals surface area contributed by atoms with Gasteiger partial charge in [0.25, 0.3) is 0 Å². The summed E-state index contributed by atoms with van der Waals surface area (Å²) in [5.74, 6) is -0.237. The molecular weight excluding hydrogens is 217 g/mol. The van der Waals surface area contributed by atoms with Gasteiger partial charge in [-0.1, -0.05) is 6.07 Å². The molecule has 0 saturated heterocycles. The second-order valence-electron chi connectivity index (χ2n) is 3.92. The predicted octanol–water partition coefficient (Wildman–Crippen LogP) is 2.16. The third-order valence-electron chi connectivity index (χ3n) is 2.63. The number of hydrogen-bond donors (Lipinski definition) is 1. The standard InChI is InChI=1S/C13H16FN3/c1-15-8-3-6-12-7-9-16-17(12)13-5-2-4-11(14)10-13/h2,4-5,7,9-10,15H,3,6,8H2,1H3. The van der Waals surface area contributed by atoms with Crippen LogP contribution in [0.3, 0.4) is 0 Å². The summed E-state index contributed by atoms with van der Waals surface area (Å²) in [4.78, 5) is 0. The Kier molecular flexibility index (Phi) is 3.88. The predicted molar refractivity (Wildman–Crippen MR) is 65.8 cm³/mol. The van der Waals surface area contributed by atoms with Gasteiger partial charge in [0.1, 0.15) is 5.82 Å². The normalized spacial score (nSPS) is 10.7. The Balaban J connectivity index is 2.18. The Labute approximate surface area is 100 Å². The van der Waals surface area contributed by atoms with E-state index in [2.05, 4.69) is 10.4 Å². The molecule has 90 valence electrons. The van der Waals surface area contributed by atoms with Gasteiger partial charge >= 0.3 is 0 Å². The molecule has 0 spiro atoms. The molecule has 0 unspecified atom stereocenters. The van der Waals surface area contributed by atoms with E-state index in [1.165, 1.54) is 12.1 Å². The van der Waals surface area contributed by atoms with Gasteiger partial charge in [-0.3, -0.25) is 0 Å². The number of aryl methyl sites for hydroxylation is 1. The minimum Gasteiger partial charge on any atom is -0.320 e. The van der Waals surface area contributed by atoms with Gasteiger partial charge in [-0.25, -0.2) is 9.07 Å². The van der Waals surface area contributed by atoms with Crippen molar-refractivity contribution in [2.45, 2.75) is 12.8 Å². The van der Waals surface area contributed by atoms with Gasteiger partial charge in [-0.2, -0.15) is 5.10 Å². The molecule has 3 nitrogen and oxygen atoms in total. The topological polar surface area (TPSA) is 29.9 Å². The molecule has 0 aliphatic heterocycles. The van der Waals surface area contributed by atoms with Crippen molar-refractivity contribution in [3.05, 3.63) is 48.0 Å². The summed E-state index contributed by atoms with van der Waals surface area (Å²) in [5, 5.41) is 7.34. The van der Waals surface area contributed by atoms with Crippen molar-refractivity contribution in [2.75, 3.05) is 13.6 Å². The lowest BCUT2D eigenvalue weighted by atomic mass is 10.2. The van der Waals surface area contributed by atoms with Crippen LogP contribution in [0.25, 0.3) is 5.69 Å². The van der Waals surface area contributed by atoms with Gasteiger partial charge in [-0.05, 0) is 50.7 Å². The van der Waals surface area contributed by atoms with E-state index in [1.807, 2.05) is 19.2 Å². The lowest BCUT2D eigenvalue weighted by molar-refractivity contribution is 0.624. The molecule has 2 aromatic rings. The number of hydrogen-bond acceptors (Lipinski definition) is 2. The summed E-state index contributed by atoms with van der Waals surface area (Å²) in [6.07, 6.45) is 3.72. The largest absolute Gasteiger partial charge is 0.320 e. The summed E-state index contributed by atoms with van der Waals surface area (Å²) in [6, 6.07) is 8.46. The molecule has 0 amide bonds. The average molecular weight is 233 g/mol. The molecule has 0 saturated carbocycles. The van der Waals surface area contributed by atoms with Gasteiger partial charge in [0, 0.05) is 11.9 Å². The highest BCUT2D eigenvalue weighted by Crippen LogP contribution is 2.13. The highest BCUT2D eigenvalue weighted by Gasteiger charge is 2.05. The number of nitrogens with one attached hydrogen (secondary N) is 1. The van der Waals surface area contributed by atoms with Gasteiger partial charge in [0.2, 0.25) is 0 Å². The van der Waals surface area contributed by atoms with Crippen LogP contribution in [0, 0.1) is 5.82 Å². The van der Waals surface area contributed by atoms with E-state index in [-0.39, 0.29) is 5.82 Å². The number of halogens is 1. The average Bonchev–Trinajstić information content (AvgIpc) is 2.78. The fourth-order valence-corrected chi connectivity index (χ4v) is 1.81. The van der Waals surface area contributed by atoms with E-state index in [9.17, 15) is 4.39 Å². The molecule has 0 bridgehead atoms. The first-order valence-corrected chi connectivity index (χ1v) is 5.74. The zero-order valence-electron chi connectivity index (χ0n) is 9.86. The van der Waals surface area contributed by atoms with Gasteiger partial charge < -0.3 is 5.32 Å². The van der Waals surface area contributed by atoms with E-state index < -0.39 is 0 Å². The highest BCUT2D eigenvalue weighted by atomic mass is 19.1. The molecule has 0 aliphatic carbocycles. The molecule has 4 heteroatoms. The molecule has 2 rings (SSSR count). The molecule has 0 fully saturated rings. The van der Waals surface area contributed by atoms with Crippen LogP contribution in [0.4, 0.5) is 4.39 Å². The zero-order valence-corrected chi connectivity index (χ0v) is 9.86. The summed E-state index contributed by atoms with van der Waals surface area (Å²) < 4.78 is 14.9. The van der Waals surface area contributed by atoms with Crippen LogP contribution in [0.15, 0.2) is 36.5 Å². The van der Waals surface area contributed by atoms with Crippen LogP contribution in [0.2, 0.25) is 0 Å². The summed E-state index contributed by atoms with van der Waals surface area (Å²) >= 11 is 0. The zero-order chi connectivity index (χ0) is 12.1. The van der Waals surface area contributed by atoms with Crippen LogP contribution in [0.1, 0.15) is 12.1 Å². The van der Waals surface area contributed by atoms with Gasteiger partial charge in [0.15, 0.2) is 0 Å². The van der Waals surface area contributed by atoms with E-state index in [4.69, 9.17) is 0 Å². The SMILES string of the molecule is CNCCCc1ccnn1-c1cccc(F)c1. The quantitative estimate of drug-likeness (QED) is 0.802. The van der Waals surface area contributed by atoms with Crippen molar-refractivity contribution in [3.63, 3.8) is 0 Å². The van der Waals surface area contributed by atoms with Gasteiger partial charge in [0.05, 0.1) is 5.69 Å². The van der Waals surface area contributed by atoms with E-state index in [0.29, 0.717) is 0 Å². The molecule has 17 heavy (non-hydrogen) atoms. The smallest absolute Gasteiger partial charge is 0.125 e. The third kappa shape index (κ3) is 2.91. The summed E-state index contributed by atoms with van der Waals surface area (Å²) in [5.41, 5.74) is 1.88. The minimum atomic E-state index is -0.237. The Bertz CT molecular complexity index is 479. The lowest BCUT2D eigenvalue weighted by Gasteiger charge is -2.07. The van der Waals surface area contributed by atoms with Crippen molar-refractivity contribution in [3.8, 4) is 5.69 Å². The Morgan fingerprint density at radius 1 is 1.35 bits per heavy atom. The fraction of sp³-hybridized carbons (Fsp3) is 0.308. The van der Waals surface area contributed by atoms with E-state index in [1.54, 1.807) is 16.9 Å². The van der Waals surface area contributed by atoms with Crippen LogP contribution in [-0.4, -0.2) is 23.4 Å². The van der Waals surface area contributed by atoms with Crippen LogP contribution in [0.5, 0.6) is 0 Å². The number of aromatic nitrogens is 2. The molecule has 1 aromatic carbocycles. The number of rotatable bonds is 5.